The quantitative estimate of drug-likeness (QED) is 0.615. The maximum Gasteiger partial charge on any atom is 0.161 e. The van der Waals surface area contributed by atoms with E-state index in [9.17, 15) is 0 Å². The van der Waals surface area contributed by atoms with Gasteiger partial charge in [0.2, 0.25) is 0 Å². The zero-order chi connectivity index (χ0) is 7.40. The SMILES string of the molecule is COc1c[c]ccc1OC. The number of methoxy groups -OCH3 is 2. The highest BCUT2D eigenvalue weighted by atomic mass is 16.5. The molecule has 1 radical (unpaired) electrons. The Hall–Kier alpha value is -1.18. The molecule has 2 nitrogen and oxygen atoms in total. The van der Waals surface area contributed by atoms with Crippen LogP contribution < -0.4 is 9.47 Å². The molecule has 0 saturated carbocycles. The molecule has 1 aromatic carbocycles. The van der Waals surface area contributed by atoms with Gasteiger partial charge >= 0.3 is 0 Å². The van der Waals surface area contributed by atoms with E-state index in [0.717, 1.165) is 5.75 Å². The Kier molecular flexibility index (Phi) is 2.15. The van der Waals surface area contributed by atoms with Gasteiger partial charge in [0.05, 0.1) is 14.2 Å². The van der Waals surface area contributed by atoms with Crippen LogP contribution in [0.1, 0.15) is 0 Å². The minimum Gasteiger partial charge on any atom is -0.493 e. The molecule has 0 unspecified atom stereocenters. The second-order valence-electron chi connectivity index (χ2n) is 1.78. The highest BCUT2D eigenvalue weighted by Gasteiger charge is 1.97. The number of benzene rings is 1. The molecule has 0 aliphatic carbocycles. The Morgan fingerprint density at radius 3 is 2.40 bits per heavy atom. The molecule has 10 heavy (non-hydrogen) atoms. The number of rotatable bonds is 2. The van der Waals surface area contributed by atoms with Gasteiger partial charge in [0, 0.05) is 0 Å². The molecule has 1 rings (SSSR count). The third-order valence-electron chi connectivity index (χ3n) is 1.23. The minimum absolute atomic E-state index is 0.713. The lowest BCUT2D eigenvalue weighted by molar-refractivity contribution is 0.355. The van der Waals surface area contributed by atoms with E-state index >= 15 is 0 Å². The van der Waals surface area contributed by atoms with Crippen molar-refractivity contribution in [1.82, 2.24) is 0 Å². The monoisotopic (exact) mass is 137 g/mol. The van der Waals surface area contributed by atoms with Crippen molar-refractivity contribution in [3.8, 4) is 11.5 Å². The van der Waals surface area contributed by atoms with Crippen molar-refractivity contribution in [2.45, 2.75) is 0 Å². The first-order chi connectivity index (χ1) is 4.88. The summed E-state index contributed by atoms with van der Waals surface area (Å²) in [6, 6.07) is 8.20. The molecule has 0 heterocycles. The van der Waals surface area contributed by atoms with E-state index in [0.29, 0.717) is 5.75 Å². The van der Waals surface area contributed by atoms with Crippen LogP contribution in [0.5, 0.6) is 11.5 Å². The molecule has 2 heteroatoms. The molecule has 0 spiro atoms. The lowest BCUT2D eigenvalue weighted by Gasteiger charge is -2.04. The maximum atomic E-state index is 4.99. The van der Waals surface area contributed by atoms with Gasteiger partial charge in [-0.25, -0.2) is 0 Å². The Balaban J connectivity index is 2.96. The van der Waals surface area contributed by atoms with Gasteiger partial charge in [0.1, 0.15) is 0 Å². The fourth-order valence-electron chi connectivity index (χ4n) is 0.729. The van der Waals surface area contributed by atoms with Crippen molar-refractivity contribution in [2.75, 3.05) is 14.2 Å². The van der Waals surface area contributed by atoms with E-state index in [4.69, 9.17) is 9.47 Å². The molecule has 0 saturated heterocycles. The normalized spacial score (nSPS) is 9.00. The van der Waals surface area contributed by atoms with Crippen molar-refractivity contribution in [1.29, 1.82) is 0 Å². The van der Waals surface area contributed by atoms with Gasteiger partial charge in [-0.1, -0.05) is 6.07 Å². The van der Waals surface area contributed by atoms with Crippen LogP contribution in [0.3, 0.4) is 0 Å². The molecule has 1 aromatic rings. The predicted molar refractivity (Wildman–Crippen MR) is 38.4 cm³/mol. The highest BCUT2D eigenvalue weighted by molar-refractivity contribution is 5.38. The van der Waals surface area contributed by atoms with E-state index in [-0.39, 0.29) is 0 Å². The third-order valence-corrected chi connectivity index (χ3v) is 1.23. The first-order valence-electron chi connectivity index (χ1n) is 2.96. The molecule has 0 aliphatic heterocycles. The minimum atomic E-state index is 0.713. The van der Waals surface area contributed by atoms with E-state index in [1.165, 1.54) is 0 Å². The highest BCUT2D eigenvalue weighted by Crippen LogP contribution is 2.24. The largest absolute Gasteiger partial charge is 0.493 e. The van der Waals surface area contributed by atoms with Crippen LogP contribution in [0.2, 0.25) is 0 Å². The fraction of sp³-hybridized carbons (Fsp3) is 0.250. The summed E-state index contributed by atoms with van der Waals surface area (Å²) in [5.74, 6) is 1.45. The lowest BCUT2D eigenvalue weighted by atomic mass is 10.3. The van der Waals surface area contributed by atoms with E-state index in [2.05, 4.69) is 6.07 Å². The molecule has 0 aromatic heterocycles. The Morgan fingerprint density at radius 2 is 1.90 bits per heavy atom. The summed E-state index contributed by atoms with van der Waals surface area (Å²) >= 11 is 0. The molecule has 53 valence electrons. The number of hydrogen-bond acceptors (Lipinski definition) is 2. The van der Waals surface area contributed by atoms with Gasteiger partial charge in [-0.3, -0.25) is 0 Å². The first kappa shape index (κ1) is 6.93. The van der Waals surface area contributed by atoms with E-state index in [1.807, 2.05) is 0 Å². The summed E-state index contributed by atoms with van der Waals surface area (Å²) in [6.45, 7) is 0. The summed E-state index contributed by atoms with van der Waals surface area (Å²) in [4.78, 5) is 0. The van der Waals surface area contributed by atoms with Crippen molar-refractivity contribution < 1.29 is 9.47 Å². The van der Waals surface area contributed by atoms with Crippen LogP contribution in [0.15, 0.2) is 18.2 Å². The summed E-state index contributed by atoms with van der Waals surface area (Å²) in [6.07, 6.45) is 0. The van der Waals surface area contributed by atoms with Crippen molar-refractivity contribution in [2.24, 2.45) is 0 Å². The Morgan fingerprint density at radius 1 is 1.20 bits per heavy atom. The van der Waals surface area contributed by atoms with Crippen LogP contribution in [0, 0.1) is 6.07 Å². The predicted octanol–water partition coefficient (Wildman–Crippen LogP) is 1.50. The van der Waals surface area contributed by atoms with Gasteiger partial charge in [-0.2, -0.15) is 0 Å². The van der Waals surface area contributed by atoms with Gasteiger partial charge < -0.3 is 9.47 Å². The van der Waals surface area contributed by atoms with Crippen molar-refractivity contribution in [3.63, 3.8) is 0 Å². The summed E-state index contributed by atoms with van der Waals surface area (Å²) in [5, 5.41) is 0. The zero-order valence-electron chi connectivity index (χ0n) is 6.05. The molecular formula is C8H9O2. The van der Waals surface area contributed by atoms with Crippen LogP contribution in [0.4, 0.5) is 0 Å². The molecule has 0 atom stereocenters. The molecule has 0 N–H and O–H groups in total. The van der Waals surface area contributed by atoms with Crippen LogP contribution >= 0.6 is 0 Å². The topological polar surface area (TPSA) is 18.5 Å². The third kappa shape index (κ3) is 1.21. The Bertz CT molecular complexity index is 185. The van der Waals surface area contributed by atoms with Gasteiger partial charge in [-0.05, 0) is 18.2 Å². The fourth-order valence-corrected chi connectivity index (χ4v) is 0.729. The summed E-state index contributed by atoms with van der Waals surface area (Å²) in [5.41, 5.74) is 0. The second kappa shape index (κ2) is 3.11. The standard InChI is InChI=1S/C8H9O2/c1-9-7-5-3-4-6-8(7)10-2/h3,5-6H,1-2H3. The van der Waals surface area contributed by atoms with Crippen LogP contribution in [0.25, 0.3) is 0 Å². The zero-order valence-corrected chi connectivity index (χ0v) is 6.05. The molecule has 0 fully saturated rings. The molecule has 0 bridgehead atoms. The summed E-state index contributed by atoms with van der Waals surface area (Å²) < 4.78 is 9.97. The van der Waals surface area contributed by atoms with Gasteiger partial charge in [-0.15, -0.1) is 0 Å². The lowest BCUT2D eigenvalue weighted by Crippen LogP contribution is -1.88. The molecule has 0 amide bonds. The molecular weight excluding hydrogens is 128 g/mol. The van der Waals surface area contributed by atoms with Crippen LogP contribution in [-0.2, 0) is 0 Å². The van der Waals surface area contributed by atoms with Gasteiger partial charge in [0.25, 0.3) is 0 Å². The van der Waals surface area contributed by atoms with Crippen molar-refractivity contribution in [3.05, 3.63) is 24.3 Å². The first-order valence-corrected chi connectivity index (χ1v) is 2.96. The second-order valence-corrected chi connectivity index (χ2v) is 1.78. The average Bonchev–Trinajstić information content (AvgIpc) is 2.04. The van der Waals surface area contributed by atoms with E-state index in [1.54, 1.807) is 32.4 Å². The van der Waals surface area contributed by atoms with Crippen LogP contribution in [-0.4, -0.2) is 14.2 Å². The average molecular weight is 137 g/mol. The van der Waals surface area contributed by atoms with E-state index < -0.39 is 0 Å². The summed E-state index contributed by atoms with van der Waals surface area (Å²) in [7, 11) is 3.21. The van der Waals surface area contributed by atoms with Gasteiger partial charge in [0.15, 0.2) is 11.5 Å². The van der Waals surface area contributed by atoms with Crippen molar-refractivity contribution >= 4 is 0 Å². The maximum absolute atomic E-state index is 4.99. The molecule has 0 aliphatic rings. The smallest absolute Gasteiger partial charge is 0.161 e. The number of hydrogen-bond donors (Lipinski definition) is 0. The Labute approximate surface area is 60.4 Å². The number of ether oxygens (including phenoxy) is 2.